The van der Waals surface area contributed by atoms with Crippen molar-refractivity contribution < 1.29 is 18.8 Å². The van der Waals surface area contributed by atoms with Gasteiger partial charge in [0, 0.05) is 16.5 Å². The molecule has 190 valence electrons. The minimum atomic E-state index is -0.803. The molecule has 6 rings (SSSR count). The summed E-state index contributed by atoms with van der Waals surface area (Å²) in [5.74, 6) is -2.97. The van der Waals surface area contributed by atoms with Gasteiger partial charge in [0.2, 0.25) is 17.7 Å². The Kier molecular flexibility index (Phi) is 6.21. The maximum Gasteiger partial charge on any atom is 0.308 e. The lowest BCUT2D eigenvalue weighted by Crippen LogP contribution is -2.33. The molecule has 2 unspecified atom stereocenters. The third kappa shape index (κ3) is 4.15. The highest BCUT2D eigenvalue weighted by Gasteiger charge is 2.56. The number of nitrogens with one attached hydrogen (secondary N) is 1. The van der Waals surface area contributed by atoms with Gasteiger partial charge in [-0.1, -0.05) is 71.6 Å². The number of fused-ring (bicyclic) bond motifs is 2. The zero-order valence-corrected chi connectivity index (χ0v) is 21.4. The molecule has 4 aromatic rings. The van der Waals surface area contributed by atoms with Gasteiger partial charge in [-0.05, 0) is 42.0 Å². The zero-order chi connectivity index (χ0) is 26.4. The van der Waals surface area contributed by atoms with E-state index in [0.717, 1.165) is 33.6 Å². The molecule has 2 aliphatic rings. The second-order valence-corrected chi connectivity index (χ2v) is 11.1. The minimum absolute atomic E-state index is 0.227. The van der Waals surface area contributed by atoms with Gasteiger partial charge in [0.15, 0.2) is 0 Å². The minimum Gasteiger partial charge on any atom is -0.325 e. The Labute approximate surface area is 224 Å². The lowest BCUT2D eigenvalue weighted by atomic mass is 9.83. The third-order valence-electron chi connectivity index (χ3n) is 6.65. The van der Waals surface area contributed by atoms with E-state index >= 15 is 0 Å². The first-order valence-corrected chi connectivity index (χ1v) is 13.6. The van der Waals surface area contributed by atoms with E-state index in [9.17, 15) is 23.6 Å². The topological polar surface area (TPSA) is 88.5 Å². The normalized spacial score (nSPS) is 20.2. The molecule has 0 bridgehead atoms. The lowest BCUT2D eigenvalue weighted by molar-refractivity contribution is -0.122. The lowest BCUT2D eigenvalue weighted by Gasteiger charge is -2.30. The quantitative estimate of drug-likeness (QED) is 0.374. The van der Waals surface area contributed by atoms with Crippen molar-refractivity contribution in [2.75, 3.05) is 10.2 Å². The fourth-order valence-corrected chi connectivity index (χ4v) is 7.76. The van der Waals surface area contributed by atoms with E-state index in [1.54, 1.807) is 24.3 Å². The number of thiazole rings is 1. The van der Waals surface area contributed by atoms with Crippen LogP contribution in [0.25, 0.3) is 0 Å². The molecule has 3 amide bonds. The molecule has 1 aromatic heterocycles. The molecule has 7 nitrogen and oxygen atoms in total. The van der Waals surface area contributed by atoms with Gasteiger partial charge in [0.25, 0.3) is 0 Å². The number of carbonyl (C=O) groups is 3. The first kappa shape index (κ1) is 24.3. The molecular formula is C28H20FN3O4S2. The summed E-state index contributed by atoms with van der Waals surface area (Å²) in [6.07, 6.45) is 0. The smallest absolute Gasteiger partial charge is 0.308 e. The van der Waals surface area contributed by atoms with Crippen LogP contribution in [0.5, 0.6) is 0 Å². The molecule has 0 saturated carbocycles. The zero-order valence-electron chi connectivity index (χ0n) is 19.7. The molecule has 3 heterocycles. The number of imide groups is 1. The van der Waals surface area contributed by atoms with Gasteiger partial charge in [-0.3, -0.25) is 23.7 Å². The number of thioether (sulfide) groups is 1. The summed E-state index contributed by atoms with van der Waals surface area (Å²) in [5, 5.41) is 2.50. The summed E-state index contributed by atoms with van der Waals surface area (Å²) in [6, 6.07) is 23.4. The van der Waals surface area contributed by atoms with E-state index in [4.69, 9.17) is 0 Å². The van der Waals surface area contributed by atoms with Crippen molar-refractivity contribution >= 4 is 52.2 Å². The molecule has 2 aliphatic heterocycles. The summed E-state index contributed by atoms with van der Waals surface area (Å²) < 4.78 is 14.9. The molecule has 3 atom stereocenters. The van der Waals surface area contributed by atoms with Gasteiger partial charge in [-0.2, -0.15) is 0 Å². The van der Waals surface area contributed by atoms with Crippen molar-refractivity contribution in [1.82, 2.24) is 4.57 Å². The van der Waals surface area contributed by atoms with Crippen LogP contribution >= 0.6 is 23.1 Å². The van der Waals surface area contributed by atoms with Crippen LogP contribution in [0.15, 0.2) is 94.7 Å². The number of aromatic nitrogens is 1. The summed E-state index contributed by atoms with van der Waals surface area (Å²) in [7, 11) is 0. The van der Waals surface area contributed by atoms with Gasteiger partial charge in [-0.15, -0.1) is 0 Å². The van der Waals surface area contributed by atoms with Crippen LogP contribution in [0, 0.1) is 11.7 Å². The number of hydrogen-bond acceptors (Lipinski definition) is 6. The van der Waals surface area contributed by atoms with Crippen molar-refractivity contribution in [1.29, 1.82) is 0 Å². The predicted molar refractivity (Wildman–Crippen MR) is 144 cm³/mol. The van der Waals surface area contributed by atoms with Crippen LogP contribution in [0.4, 0.5) is 15.8 Å². The Morgan fingerprint density at radius 1 is 0.868 bits per heavy atom. The first-order valence-electron chi connectivity index (χ1n) is 11.9. The fourth-order valence-electron chi connectivity index (χ4n) is 4.99. The largest absolute Gasteiger partial charge is 0.325 e. The number of amides is 3. The molecule has 0 aliphatic carbocycles. The molecule has 10 heteroatoms. The van der Waals surface area contributed by atoms with Crippen LogP contribution in [0.3, 0.4) is 0 Å². The number of rotatable bonds is 5. The molecule has 1 fully saturated rings. The standard InChI is InChI=1S/C28H20FN3O4S2/c29-17-11-13-19(14-12-17)32-25(34)22-21(16-7-3-1-4-8-16)24-27(37-23(22)26(32)35)31(28(36)38-24)15-20(33)30-18-9-5-2-6-10-18/h1-14,21-23H,15H2,(H,30,33)/t21-,22?,23?/m1/s1. The van der Waals surface area contributed by atoms with Gasteiger partial charge >= 0.3 is 4.87 Å². The number of nitrogens with zero attached hydrogens (tertiary/aromatic N) is 2. The summed E-state index contributed by atoms with van der Waals surface area (Å²) in [6.45, 7) is -0.227. The van der Waals surface area contributed by atoms with Gasteiger partial charge < -0.3 is 5.32 Å². The third-order valence-corrected chi connectivity index (χ3v) is 9.26. The molecule has 1 N–H and O–H groups in total. The van der Waals surface area contributed by atoms with Crippen LogP contribution in [0.2, 0.25) is 0 Å². The molecule has 0 spiro atoms. The van der Waals surface area contributed by atoms with Gasteiger partial charge in [0.05, 0.1) is 16.6 Å². The van der Waals surface area contributed by atoms with Crippen molar-refractivity contribution in [3.05, 3.63) is 111 Å². The van der Waals surface area contributed by atoms with Crippen LogP contribution < -0.4 is 15.1 Å². The van der Waals surface area contributed by atoms with E-state index in [-0.39, 0.29) is 17.3 Å². The van der Waals surface area contributed by atoms with Crippen molar-refractivity contribution in [3.8, 4) is 0 Å². The molecule has 0 radical (unpaired) electrons. The summed E-state index contributed by atoms with van der Waals surface area (Å²) in [4.78, 5) is 54.8. The average Bonchev–Trinajstić information content (AvgIpc) is 3.36. The highest BCUT2D eigenvalue weighted by molar-refractivity contribution is 8.00. The predicted octanol–water partition coefficient (Wildman–Crippen LogP) is 4.48. The SMILES string of the molecule is O=C(Cn1c2c(sc1=O)[C@H](c1ccccc1)C1C(=O)N(c3ccc(F)cc3)C(=O)C1S2)Nc1ccccc1. The Hall–Kier alpha value is -4.02. The highest BCUT2D eigenvalue weighted by Crippen LogP contribution is 2.53. The number of halogens is 1. The molecular weight excluding hydrogens is 525 g/mol. The molecule has 3 aromatic carbocycles. The van der Waals surface area contributed by atoms with Crippen LogP contribution in [-0.2, 0) is 20.9 Å². The molecule has 38 heavy (non-hydrogen) atoms. The van der Waals surface area contributed by atoms with E-state index in [2.05, 4.69) is 5.32 Å². The Morgan fingerprint density at radius 3 is 2.21 bits per heavy atom. The Bertz CT molecular complexity index is 1600. The summed E-state index contributed by atoms with van der Waals surface area (Å²) in [5.41, 5.74) is 1.70. The number of para-hydroxylation sites is 1. The average molecular weight is 546 g/mol. The molecule has 1 saturated heterocycles. The summed E-state index contributed by atoms with van der Waals surface area (Å²) >= 11 is 2.14. The van der Waals surface area contributed by atoms with Crippen molar-refractivity contribution in [3.63, 3.8) is 0 Å². The second-order valence-electron chi connectivity index (χ2n) is 8.98. The first-order chi connectivity index (χ1) is 18.4. The van der Waals surface area contributed by atoms with Crippen molar-refractivity contribution in [2.24, 2.45) is 5.92 Å². The van der Waals surface area contributed by atoms with Crippen molar-refractivity contribution in [2.45, 2.75) is 22.7 Å². The maximum atomic E-state index is 13.8. The van der Waals surface area contributed by atoms with Gasteiger partial charge in [-0.25, -0.2) is 9.29 Å². The monoisotopic (exact) mass is 545 g/mol. The number of carbonyl (C=O) groups excluding carboxylic acids is 3. The van der Waals surface area contributed by atoms with Gasteiger partial charge in [0.1, 0.15) is 17.6 Å². The van der Waals surface area contributed by atoms with Crippen LogP contribution in [0.1, 0.15) is 16.4 Å². The van der Waals surface area contributed by atoms with E-state index in [0.29, 0.717) is 21.3 Å². The number of anilines is 2. The van der Waals surface area contributed by atoms with E-state index in [1.165, 1.54) is 28.8 Å². The Balaban J connectivity index is 1.41. The van der Waals surface area contributed by atoms with E-state index < -0.39 is 34.7 Å². The second kappa shape index (κ2) is 9.70. The Morgan fingerprint density at radius 2 is 1.53 bits per heavy atom. The fraction of sp³-hybridized carbons (Fsp3) is 0.143. The highest BCUT2D eigenvalue weighted by atomic mass is 32.2. The van der Waals surface area contributed by atoms with Crippen LogP contribution in [-0.4, -0.2) is 27.5 Å². The maximum absolute atomic E-state index is 13.8. The number of hydrogen-bond donors (Lipinski definition) is 1. The number of benzene rings is 3. The van der Waals surface area contributed by atoms with E-state index in [1.807, 2.05) is 36.4 Å².